The van der Waals surface area contributed by atoms with Crippen LogP contribution in [0.4, 0.5) is 0 Å². The van der Waals surface area contributed by atoms with E-state index in [2.05, 4.69) is 21.6 Å². The molecule has 2 aliphatic heterocycles. The summed E-state index contributed by atoms with van der Waals surface area (Å²) in [6.45, 7) is 3.34. The molecule has 0 unspecified atom stereocenters. The lowest BCUT2D eigenvalue weighted by molar-refractivity contribution is -0.124. The highest BCUT2D eigenvalue weighted by Gasteiger charge is 2.27. The summed E-state index contributed by atoms with van der Waals surface area (Å²) in [5.74, 6) is -0.0883. The van der Waals surface area contributed by atoms with E-state index in [0.717, 1.165) is 55.6 Å². The zero-order valence-electron chi connectivity index (χ0n) is 20.8. The average molecular weight is 510 g/mol. The minimum atomic E-state index is -3.48. The van der Waals surface area contributed by atoms with Gasteiger partial charge in [-0.3, -0.25) is 4.79 Å². The minimum Gasteiger partial charge on any atom is -0.339 e. The van der Waals surface area contributed by atoms with E-state index < -0.39 is 16.1 Å². The Bertz CT molecular complexity index is 1160. The van der Waals surface area contributed by atoms with E-state index in [-0.39, 0.29) is 11.9 Å². The lowest BCUT2D eigenvalue weighted by Crippen LogP contribution is -2.49. The summed E-state index contributed by atoms with van der Waals surface area (Å²) in [7, 11) is -1.48. The van der Waals surface area contributed by atoms with Gasteiger partial charge in [0.25, 0.3) is 0 Å². The molecular formula is C27H35N5O3S. The first kappa shape index (κ1) is 26.3. The highest BCUT2D eigenvalue weighted by atomic mass is 32.2. The van der Waals surface area contributed by atoms with Gasteiger partial charge in [-0.05, 0) is 68.1 Å². The van der Waals surface area contributed by atoms with Gasteiger partial charge in [0.05, 0.1) is 17.0 Å². The van der Waals surface area contributed by atoms with Crippen LogP contribution in [0.15, 0.2) is 53.4 Å². The van der Waals surface area contributed by atoms with Crippen LogP contribution in [0.25, 0.3) is 11.1 Å². The van der Waals surface area contributed by atoms with E-state index in [0.29, 0.717) is 30.8 Å². The number of sulfonamides is 1. The van der Waals surface area contributed by atoms with Gasteiger partial charge in [-0.2, -0.15) is 9.57 Å². The van der Waals surface area contributed by atoms with Crippen LogP contribution in [0.5, 0.6) is 0 Å². The Morgan fingerprint density at radius 1 is 1.06 bits per heavy atom. The molecule has 2 aromatic rings. The van der Waals surface area contributed by atoms with Gasteiger partial charge >= 0.3 is 0 Å². The molecule has 0 saturated carbocycles. The van der Waals surface area contributed by atoms with Gasteiger partial charge < -0.3 is 15.5 Å². The number of rotatable bonds is 8. The van der Waals surface area contributed by atoms with E-state index in [9.17, 15) is 18.5 Å². The molecule has 0 radical (unpaired) electrons. The van der Waals surface area contributed by atoms with Crippen molar-refractivity contribution in [3.63, 3.8) is 0 Å². The highest BCUT2D eigenvalue weighted by molar-refractivity contribution is 7.89. The Balaban J connectivity index is 1.32. The van der Waals surface area contributed by atoms with Crippen molar-refractivity contribution in [1.29, 1.82) is 5.26 Å². The highest BCUT2D eigenvalue weighted by Crippen LogP contribution is 2.24. The molecule has 0 aromatic heterocycles. The van der Waals surface area contributed by atoms with E-state index in [4.69, 9.17) is 0 Å². The number of aryl methyl sites for hydroxylation is 1. The molecule has 8 nitrogen and oxygen atoms in total. The summed E-state index contributed by atoms with van der Waals surface area (Å²) in [5.41, 5.74) is 3.02. The predicted molar refractivity (Wildman–Crippen MR) is 140 cm³/mol. The van der Waals surface area contributed by atoms with Gasteiger partial charge in [0.2, 0.25) is 15.9 Å². The van der Waals surface area contributed by atoms with Crippen molar-refractivity contribution in [2.75, 3.05) is 39.8 Å². The third-order valence-electron chi connectivity index (χ3n) is 7.06. The Kier molecular flexibility index (Phi) is 8.75. The zero-order chi connectivity index (χ0) is 25.5. The molecule has 2 saturated heterocycles. The molecular weight excluding hydrogens is 474 g/mol. The molecule has 4 rings (SSSR count). The molecule has 192 valence electrons. The van der Waals surface area contributed by atoms with Crippen LogP contribution in [0.3, 0.4) is 0 Å². The van der Waals surface area contributed by atoms with Crippen LogP contribution < -0.4 is 10.6 Å². The zero-order valence-corrected chi connectivity index (χ0v) is 21.6. The molecule has 2 aromatic carbocycles. The largest absolute Gasteiger partial charge is 0.339 e. The number of nitrogens with zero attached hydrogens (tertiary/aromatic N) is 3. The fraction of sp³-hybridized carbons (Fsp3) is 0.481. The number of nitrogens with one attached hydrogen (secondary N) is 2. The predicted octanol–water partition coefficient (Wildman–Crippen LogP) is 2.37. The summed E-state index contributed by atoms with van der Waals surface area (Å²) in [4.78, 5) is 14.9. The SMILES string of the molecule is CN1CCN(S(=O)(=O)c2ccc(-c3ccc(CC[C@@H](C#N)NC(=O)[C@@H]4CCCCN4)cc3)cc2)CC1. The van der Waals surface area contributed by atoms with E-state index in [1.54, 1.807) is 16.4 Å². The number of carbonyl (C=O) groups excluding carboxylic acids is 1. The normalized spacial score (nSPS) is 20.4. The molecule has 2 N–H and O–H groups in total. The summed E-state index contributed by atoms with van der Waals surface area (Å²) < 4.78 is 27.5. The first-order valence-electron chi connectivity index (χ1n) is 12.7. The molecule has 36 heavy (non-hydrogen) atoms. The molecule has 0 aliphatic carbocycles. The summed E-state index contributed by atoms with van der Waals surface area (Å²) in [6, 6.07) is 16.6. The van der Waals surface area contributed by atoms with Crippen molar-refractivity contribution >= 4 is 15.9 Å². The molecule has 0 spiro atoms. The molecule has 0 bridgehead atoms. The lowest BCUT2D eigenvalue weighted by atomic mass is 10.0. The van der Waals surface area contributed by atoms with Crippen LogP contribution in [0.2, 0.25) is 0 Å². The standard InChI is InChI=1S/C27H35N5O3S/c1-31-16-18-32(19-17-31)36(34,35)25-13-10-23(11-14-25)22-8-5-21(6-9-22)7-12-24(20-28)30-27(33)26-4-2-3-15-29-26/h5-6,8-11,13-14,24,26,29H,2-4,7,12,15-19H2,1H3,(H,30,33)/t24-,26-/m0/s1. The fourth-order valence-corrected chi connectivity index (χ4v) is 6.11. The quantitative estimate of drug-likeness (QED) is 0.566. The van der Waals surface area contributed by atoms with E-state index in [1.165, 1.54) is 0 Å². The monoisotopic (exact) mass is 509 g/mol. The van der Waals surface area contributed by atoms with Crippen molar-refractivity contribution in [3.8, 4) is 17.2 Å². The smallest absolute Gasteiger partial charge is 0.243 e. The lowest BCUT2D eigenvalue weighted by Gasteiger charge is -2.31. The van der Waals surface area contributed by atoms with Gasteiger partial charge in [-0.15, -0.1) is 0 Å². The fourth-order valence-electron chi connectivity index (χ4n) is 4.69. The van der Waals surface area contributed by atoms with Gasteiger partial charge in [0.15, 0.2) is 0 Å². The maximum Gasteiger partial charge on any atom is 0.243 e. The number of hydrogen-bond acceptors (Lipinski definition) is 6. The Labute approximate surface area is 214 Å². The van der Waals surface area contributed by atoms with E-state index >= 15 is 0 Å². The second-order valence-corrected chi connectivity index (χ2v) is 11.6. The number of piperazine rings is 1. The van der Waals surface area contributed by atoms with Crippen LogP contribution in [-0.2, 0) is 21.2 Å². The van der Waals surface area contributed by atoms with Crippen molar-refractivity contribution in [2.24, 2.45) is 0 Å². The van der Waals surface area contributed by atoms with Gasteiger partial charge in [0.1, 0.15) is 6.04 Å². The van der Waals surface area contributed by atoms with Crippen LogP contribution in [0, 0.1) is 11.3 Å². The molecule has 2 fully saturated rings. The van der Waals surface area contributed by atoms with Crippen LogP contribution >= 0.6 is 0 Å². The summed E-state index contributed by atoms with van der Waals surface area (Å²) in [5, 5.41) is 15.6. The van der Waals surface area contributed by atoms with Crippen LogP contribution in [-0.4, -0.2) is 75.4 Å². The van der Waals surface area contributed by atoms with Gasteiger partial charge in [0, 0.05) is 26.2 Å². The first-order valence-corrected chi connectivity index (χ1v) is 14.1. The molecule has 2 heterocycles. The second kappa shape index (κ2) is 12.0. The molecule has 2 atom stereocenters. The number of nitriles is 1. The van der Waals surface area contributed by atoms with Gasteiger partial charge in [-0.25, -0.2) is 8.42 Å². The third kappa shape index (κ3) is 6.51. The second-order valence-electron chi connectivity index (χ2n) is 9.66. The number of amides is 1. The maximum absolute atomic E-state index is 12.9. The minimum absolute atomic E-state index is 0.0883. The van der Waals surface area contributed by atoms with E-state index in [1.807, 2.05) is 43.4 Å². The number of likely N-dealkylation sites (N-methyl/N-ethyl adjacent to an activating group) is 1. The third-order valence-corrected chi connectivity index (χ3v) is 8.98. The Morgan fingerprint density at radius 2 is 1.69 bits per heavy atom. The Morgan fingerprint density at radius 3 is 2.28 bits per heavy atom. The molecule has 9 heteroatoms. The molecule has 2 aliphatic rings. The maximum atomic E-state index is 12.9. The van der Waals surface area contributed by atoms with Crippen molar-refractivity contribution in [1.82, 2.24) is 19.8 Å². The van der Waals surface area contributed by atoms with Crippen molar-refractivity contribution in [3.05, 3.63) is 54.1 Å². The number of carbonyl (C=O) groups is 1. The van der Waals surface area contributed by atoms with Crippen LogP contribution in [0.1, 0.15) is 31.2 Å². The Hall–Kier alpha value is -2.77. The number of piperidine rings is 1. The molecule has 1 amide bonds. The average Bonchev–Trinajstić information content (AvgIpc) is 2.92. The van der Waals surface area contributed by atoms with Crippen molar-refractivity contribution in [2.45, 2.75) is 49.1 Å². The van der Waals surface area contributed by atoms with Crippen molar-refractivity contribution < 1.29 is 13.2 Å². The summed E-state index contributed by atoms with van der Waals surface area (Å²) in [6.07, 6.45) is 4.16. The number of hydrogen-bond donors (Lipinski definition) is 2. The van der Waals surface area contributed by atoms with Gasteiger partial charge in [-0.1, -0.05) is 42.8 Å². The summed E-state index contributed by atoms with van der Waals surface area (Å²) >= 11 is 0. The topological polar surface area (TPSA) is 106 Å². The first-order chi connectivity index (χ1) is 17.4. The number of benzene rings is 2.